The second-order valence-electron chi connectivity index (χ2n) is 18.8. The van der Waals surface area contributed by atoms with Crippen molar-refractivity contribution in [3.8, 4) is 0 Å². The van der Waals surface area contributed by atoms with Gasteiger partial charge in [0.05, 0.1) is 18.8 Å². The maximum atomic E-state index is 12.9. The summed E-state index contributed by atoms with van der Waals surface area (Å²) in [6, 6.07) is 18.7. The summed E-state index contributed by atoms with van der Waals surface area (Å²) in [6.45, 7) is 24.0. The lowest BCUT2D eigenvalue weighted by Crippen LogP contribution is -2.45. The molecule has 3 N–H and O–H groups in total. The molecule has 0 radical (unpaired) electrons. The van der Waals surface area contributed by atoms with Crippen LogP contribution >= 0.6 is 0 Å². The van der Waals surface area contributed by atoms with E-state index in [1.165, 1.54) is 4.90 Å². The number of β-amino-alcohol motifs (C(OH)–C–C–N with tert-alkyl or cyclic N) is 1. The number of aliphatic hydroxyl groups is 1. The molecule has 0 unspecified atom stereocenters. The number of alkyl carbamates (subject to hydrolysis) is 2. The molecule has 2 aromatic carbocycles. The van der Waals surface area contributed by atoms with Crippen LogP contribution in [0.4, 0.5) is 19.2 Å². The molecule has 4 atom stereocenters. The molecule has 2 aliphatic rings. The zero-order chi connectivity index (χ0) is 44.0. The van der Waals surface area contributed by atoms with Gasteiger partial charge in [-0.3, -0.25) is 0 Å². The van der Waals surface area contributed by atoms with Gasteiger partial charge in [-0.25, -0.2) is 19.2 Å². The molecule has 0 spiro atoms. The number of likely N-dealkylation sites (tertiary alicyclic amines) is 2. The average Bonchev–Trinajstić information content (AvgIpc) is 3.71. The highest BCUT2D eigenvalue weighted by Crippen LogP contribution is 2.39. The molecule has 2 aromatic rings. The van der Waals surface area contributed by atoms with Gasteiger partial charge in [0.25, 0.3) is 0 Å². The SMILES string of the molecule is CC(C)(C)OC(=O)N1C[C@H](O)C[C@H]1CCNC(=O)OCc1ccccc1.CC(C)(C)OC(=O)N1C[C@H](O[Si](C)(C)C(C)(C)C)C[C@H]1CCNC(=O)OCc1ccccc1. The van der Waals surface area contributed by atoms with Crippen molar-refractivity contribution in [1.82, 2.24) is 20.4 Å². The van der Waals surface area contributed by atoms with Crippen molar-refractivity contribution in [2.45, 2.75) is 155 Å². The van der Waals surface area contributed by atoms with E-state index in [9.17, 15) is 24.3 Å². The van der Waals surface area contributed by atoms with E-state index in [0.29, 0.717) is 38.9 Å². The highest BCUT2D eigenvalue weighted by Gasteiger charge is 2.44. The molecule has 14 nitrogen and oxygen atoms in total. The van der Waals surface area contributed by atoms with Crippen molar-refractivity contribution in [2.24, 2.45) is 0 Å². The second-order valence-corrected chi connectivity index (χ2v) is 23.5. The molecular formula is C44H70N4O10Si. The van der Waals surface area contributed by atoms with Crippen LogP contribution in [0, 0.1) is 0 Å². The number of benzene rings is 2. The van der Waals surface area contributed by atoms with E-state index in [1.54, 1.807) is 25.7 Å². The van der Waals surface area contributed by atoms with Crippen LogP contribution in [-0.4, -0.2) is 109 Å². The molecule has 59 heavy (non-hydrogen) atoms. The van der Waals surface area contributed by atoms with Gasteiger partial charge >= 0.3 is 24.4 Å². The summed E-state index contributed by atoms with van der Waals surface area (Å²) in [7, 11) is -1.97. The fraction of sp³-hybridized carbons (Fsp3) is 0.636. The number of rotatable bonds is 12. The molecule has 2 saturated heterocycles. The second kappa shape index (κ2) is 21.8. The number of carbonyl (C=O) groups is 4. The Morgan fingerprint density at radius 2 is 1.07 bits per heavy atom. The molecule has 0 aromatic heterocycles. The molecule has 15 heteroatoms. The molecule has 4 rings (SSSR count). The molecule has 2 fully saturated rings. The van der Waals surface area contributed by atoms with E-state index in [2.05, 4.69) is 44.5 Å². The van der Waals surface area contributed by atoms with Gasteiger partial charge in [0.2, 0.25) is 0 Å². The van der Waals surface area contributed by atoms with Gasteiger partial charge in [-0.2, -0.15) is 0 Å². The van der Waals surface area contributed by atoms with E-state index in [4.69, 9.17) is 23.4 Å². The first kappa shape index (κ1) is 49.0. The lowest BCUT2D eigenvalue weighted by Gasteiger charge is -2.38. The summed E-state index contributed by atoms with van der Waals surface area (Å²) in [5.74, 6) is 0. The van der Waals surface area contributed by atoms with Crippen molar-refractivity contribution in [1.29, 1.82) is 0 Å². The number of carbonyl (C=O) groups excluding carboxylic acids is 4. The Morgan fingerprint density at radius 3 is 1.47 bits per heavy atom. The van der Waals surface area contributed by atoms with Gasteiger partial charge in [-0.05, 0) is 96.5 Å². The molecule has 330 valence electrons. The van der Waals surface area contributed by atoms with Gasteiger partial charge in [0.15, 0.2) is 8.32 Å². The van der Waals surface area contributed by atoms with Crippen LogP contribution in [-0.2, 0) is 36.6 Å². The van der Waals surface area contributed by atoms with Crippen LogP contribution in [0.15, 0.2) is 60.7 Å². The molecule has 2 aliphatic heterocycles. The van der Waals surface area contributed by atoms with Gasteiger partial charge in [-0.1, -0.05) is 81.4 Å². The van der Waals surface area contributed by atoms with Gasteiger partial charge in [-0.15, -0.1) is 0 Å². The number of amides is 4. The first-order valence-corrected chi connectivity index (χ1v) is 23.6. The number of aliphatic hydroxyl groups excluding tert-OH is 1. The van der Waals surface area contributed by atoms with Crippen LogP contribution in [0.1, 0.15) is 99.1 Å². The Kier molecular flexibility index (Phi) is 18.1. The predicted octanol–water partition coefficient (Wildman–Crippen LogP) is 8.38. The van der Waals surface area contributed by atoms with Gasteiger partial charge in [0.1, 0.15) is 24.4 Å². The van der Waals surface area contributed by atoms with Crippen molar-refractivity contribution >= 4 is 32.7 Å². The normalized spacial score (nSPS) is 19.6. The van der Waals surface area contributed by atoms with Crippen LogP contribution in [0.2, 0.25) is 18.1 Å². The third kappa shape index (κ3) is 17.8. The summed E-state index contributed by atoms with van der Waals surface area (Å²) in [4.78, 5) is 52.3. The monoisotopic (exact) mass is 842 g/mol. The van der Waals surface area contributed by atoms with E-state index in [-0.39, 0.29) is 49.1 Å². The number of nitrogens with zero attached hydrogens (tertiary/aromatic N) is 2. The van der Waals surface area contributed by atoms with Crippen LogP contribution in [0.3, 0.4) is 0 Å². The topological polar surface area (TPSA) is 165 Å². The zero-order valence-corrected chi connectivity index (χ0v) is 38.2. The minimum Gasteiger partial charge on any atom is -0.445 e. The lowest BCUT2D eigenvalue weighted by atomic mass is 10.1. The Morgan fingerprint density at radius 1 is 0.661 bits per heavy atom. The van der Waals surface area contributed by atoms with E-state index in [1.807, 2.05) is 81.4 Å². The summed E-state index contributed by atoms with van der Waals surface area (Å²) in [6.07, 6.45) is -0.0107. The van der Waals surface area contributed by atoms with E-state index < -0.39 is 43.9 Å². The van der Waals surface area contributed by atoms with Gasteiger partial charge < -0.3 is 48.9 Å². The number of hydrogen-bond donors (Lipinski definition) is 3. The van der Waals surface area contributed by atoms with Crippen LogP contribution < -0.4 is 10.6 Å². The standard InChI is InChI=1S/C25H42N2O5Si.C19H28N2O5/c1-24(2,3)31-23(29)27-17-21(32-33(7,8)25(4,5)6)16-20(27)14-15-26-22(28)30-18-19-12-10-9-11-13-19;1-19(2,3)26-18(24)21-12-16(22)11-15(21)9-10-20-17(23)25-13-14-7-5-4-6-8-14/h9-13,20-21H,14-18H2,1-8H3,(H,26,28);4-8,15-16,22H,9-13H2,1-3H3,(H,20,23)/t20-,21-;15-,16-/m11/s1. The van der Waals surface area contributed by atoms with E-state index >= 15 is 0 Å². The number of ether oxygens (including phenoxy) is 4. The minimum atomic E-state index is -1.97. The summed E-state index contributed by atoms with van der Waals surface area (Å²) in [5, 5.41) is 15.4. The quantitative estimate of drug-likeness (QED) is 0.140. The smallest absolute Gasteiger partial charge is 0.410 e. The van der Waals surface area contributed by atoms with Crippen molar-refractivity contribution in [3.63, 3.8) is 0 Å². The van der Waals surface area contributed by atoms with Crippen LogP contribution in [0.25, 0.3) is 0 Å². The largest absolute Gasteiger partial charge is 0.445 e. The molecule has 0 saturated carbocycles. The molecular weight excluding hydrogens is 773 g/mol. The maximum Gasteiger partial charge on any atom is 0.410 e. The molecule has 2 heterocycles. The Bertz CT molecular complexity index is 1630. The third-order valence-corrected chi connectivity index (χ3v) is 14.7. The Labute approximate surface area is 352 Å². The van der Waals surface area contributed by atoms with Crippen molar-refractivity contribution in [3.05, 3.63) is 71.8 Å². The first-order valence-electron chi connectivity index (χ1n) is 20.7. The number of hydrogen-bond acceptors (Lipinski definition) is 10. The van der Waals surface area contributed by atoms with Gasteiger partial charge in [0, 0.05) is 31.7 Å². The van der Waals surface area contributed by atoms with Crippen molar-refractivity contribution < 1.29 is 47.7 Å². The summed E-state index contributed by atoms with van der Waals surface area (Å²) >= 11 is 0. The summed E-state index contributed by atoms with van der Waals surface area (Å²) < 4.78 is 28.1. The fourth-order valence-electron chi connectivity index (χ4n) is 6.31. The van der Waals surface area contributed by atoms with E-state index in [0.717, 1.165) is 17.5 Å². The van der Waals surface area contributed by atoms with Crippen LogP contribution in [0.5, 0.6) is 0 Å². The zero-order valence-electron chi connectivity index (χ0n) is 37.2. The third-order valence-electron chi connectivity index (χ3n) is 10.2. The summed E-state index contributed by atoms with van der Waals surface area (Å²) in [5.41, 5.74) is 0.691. The molecule has 0 bridgehead atoms. The highest BCUT2D eigenvalue weighted by molar-refractivity contribution is 6.74. The minimum absolute atomic E-state index is 0.0338. The molecule has 0 aliphatic carbocycles. The average molecular weight is 843 g/mol. The maximum absolute atomic E-state index is 12.9. The Hall–Kier alpha value is -4.34. The fourth-order valence-corrected chi connectivity index (χ4v) is 7.67. The predicted molar refractivity (Wildman–Crippen MR) is 229 cm³/mol. The highest BCUT2D eigenvalue weighted by atomic mass is 28.4. The van der Waals surface area contributed by atoms with Crippen molar-refractivity contribution in [2.75, 3.05) is 26.2 Å². The lowest BCUT2D eigenvalue weighted by molar-refractivity contribution is 0.0194. The first-order chi connectivity index (χ1) is 27.4. The Balaban J connectivity index is 0.000000324. The number of nitrogens with one attached hydrogen (secondary N) is 2. The molecule has 4 amide bonds.